The first-order valence-electron chi connectivity index (χ1n) is 8.84. The molecule has 1 aliphatic heterocycles. The molecule has 0 radical (unpaired) electrons. The number of anilines is 2. The molecule has 0 saturated heterocycles. The Hall–Kier alpha value is -3.25. The quantitative estimate of drug-likeness (QED) is 0.694. The molecular weight excluding hydrogens is 372 g/mol. The fourth-order valence-corrected chi connectivity index (χ4v) is 3.87. The van der Waals surface area contributed by atoms with Crippen LogP contribution in [-0.2, 0) is 9.59 Å². The lowest BCUT2D eigenvalue weighted by molar-refractivity contribution is -0.120. The number of benzene rings is 3. The number of fused-ring (bicyclic) bond motifs is 1. The van der Waals surface area contributed by atoms with Crippen LogP contribution in [-0.4, -0.2) is 24.1 Å². The third-order valence-electron chi connectivity index (χ3n) is 4.21. The van der Waals surface area contributed by atoms with Crippen molar-refractivity contribution in [2.24, 2.45) is 0 Å². The van der Waals surface area contributed by atoms with Gasteiger partial charge in [0, 0.05) is 16.6 Å². The van der Waals surface area contributed by atoms with Crippen LogP contribution in [0, 0.1) is 0 Å². The minimum Gasteiger partial charge on any atom is -0.457 e. The highest BCUT2D eigenvalue weighted by atomic mass is 32.2. The minimum atomic E-state index is -0.257. The molecule has 1 N–H and O–H groups in total. The third kappa shape index (κ3) is 4.18. The highest BCUT2D eigenvalue weighted by Crippen LogP contribution is 2.34. The van der Waals surface area contributed by atoms with Gasteiger partial charge in [-0.2, -0.15) is 0 Å². The van der Waals surface area contributed by atoms with E-state index in [1.807, 2.05) is 66.7 Å². The summed E-state index contributed by atoms with van der Waals surface area (Å²) in [5.74, 6) is 1.36. The Balaban J connectivity index is 1.44. The fraction of sp³-hybridized carbons (Fsp3) is 0.0909. The van der Waals surface area contributed by atoms with Gasteiger partial charge >= 0.3 is 0 Å². The van der Waals surface area contributed by atoms with E-state index in [9.17, 15) is 9.59 Å². The Morgan fingerprint density at radius 3 is 2.57 bits per heavy atom. The monoisotopic (exact) mass is 390 g/mol. The van der Waals surface area contributed by atoms with Gasteiger partial charge in [-0.25, -0.2) is 0 Å². The van der Waals surface area contributed by atoms with Gasteiger partial charge < -0.3 is 15.0 Å². The number of amides is 2. The SMILES string of the molecule is O=C(CN1C(=O)CSc2ccccc21)Nc1cccc(Oc2ccccc2)c1. The van der Waals surface area contributed by atoms with E-state index in [4.69, 9.17) is 4.74 Å². The first-order chi connectivity index (χ1) is 13.7. The number of thioether (sulfide) groups is 1. The molecular formula is C22H18N2O3S. The van der Waals surface area contributed by atoms with Crippen LogP contribution >= 0.6 is 11.8 Å². The molecule has 0 aromatic heterocycles. The summed E-state index contributed by atoms with van der Waals surface area (Å²) in [5.41, 5.74) is 1.39. The smallest absolute Gasteiger partial charge is 0.244 e. The molecule has 0 aliphatic carbocycles. The van der Waals surface area contributed by atoms with E-state index in [1.165, 1.54) is 16.7 Å². The summed E-state index contributed by atoms with van der Waals surface area (Å²) in [4.78, 5) is 27.4. The molecule has 28 heavy (non-hydrogen) atoms. The van der Waals surface area contributed by atoms with Gasteiger partial charge in [0.25, 0.3) is 0 Å². The zero-order valence-corrected chi connectivity index (χ0v) is 15.8. The Morgan fingerprint density at radius 1 is 0.964 bits per heavy atom. The summed E-state index contributed by atoms with van der Waals surface area (Å²) in [7, 11) is 0. The molecule has 1 aliphatic rings. The van der Waals surface area contributed by atoms with Crippen LogP contribution in [0.3, 0.4) is 0 Å². The minimum absolute atomic E-state index is 0.0276. The second-order valence-electron chi connectivity index (χ2n) is 6.23. The largest absolute Gasteiger partial charge is 0.457 e. The van der Waals surface area contributed by atoms with Gasteiger partial charge in [0.2, 0.25) is 11.8 Å². The maximum atomic E-state index is 12.6. The van der Waals surface area contributed by atoms with Gasteiger partial charge in [0.05, 0.1) is 11.4 Å². The molecule has 0 fully saturated rings. The third-order valence-corrected chi connectivity index (χ3v) is 5.25. The second kappa shape index (κ2) is 8.19. The number of nitrogens with one attached hydrogen (secondary N) is 1. The van der Waals surface area contributed by atoms with E-state index in [-0.39, 0.29) is 18.4 Å². The molecule has 0 saturated carbocycles. The molecule has 2 amide bonds. The van der Waals surface area contributed by atoms with Crippen molar-refractivity contribution in [1.29, 1.82) is 0 Å². The maximum absolute atomic E-state index is 12.6. The molecule has 4 rings (SSSR count). The number of carbonyl (C=O) groups is 2. The van der Waals surface area contributed by atoms with Crippen molar-refractivity contribution in [2.45, 2.75) is 4.90 Å². The van der Waals surface area contributed by atoms with Gasteiger partial charge in [-0.05, 0) is 36.4 Å². The molecule has 1 heterocycles. The van der Waals surface area contributed by atoms with Crippen molar-refractivity contribution in [1.82, 2.24) is 0 Å². The van der Waals surface area contributed by atoms with Gasteiger partial charge in [-0.15, -0.1) is 11.8 Å². The van der Waals surface area contributed by atoms with Crippen LogP contribution < -0.4 is 15.0 Å². The zero-order chi connectivity index (χ0) is 19.3. The van der Waals surface area contributed by atoms with E-state index < -0.39 is 0 Å². The number of hydrogen-bond donors (Lipinski definition) is 1. The Bertz CT molecular complexity index is 1010. The molecule has 0 unspecified atom stereocenters. The number of para-hydroxylation sites is 2. The van der Waals surface area contributed by atoms with Crippen molar-refractivity contribution in [3.05, 3.63) is 78.9 Å². The summed E-state index contributed by atoms with van der Waals surface area (Å²) >= 11 is 1.50. The van der Waals surface area contributed by atoms with E-state index in [2.05, 4.69) is 5.32 Å². The highest BCUT2D eigenvalue weighted by Gasteiger charge is 2.26. The molecule has 140 valence electrons. The molecule has 3 aromatic rings. The Morgan fingerprint density at radius 2 is 1.71 bits per heavy atom. The van der Waals surface area contributed by atoms with Crippen LogP contribution in [0.5, 0.6) is 11.5 Å². The molecule has 5 nitrogen and oxygen atoms in total. The summed E-state index contributed by atoms with van der Waals surface area (Å²) in [6.07, 6.45) is 0. The first-order valence-corrected chi connectivity index (χ1v) is 9.82. The number of ether oxygens (including phenoxy) is 1. The predicted molar refractivity (Wildman–Crippen MR) is 111 cm³/mol. The van der Waals surface area contributed by atoms with Gasteiger partial charge in [0.15, 0.2) is 0 Å². The summed E-state index contributed by atoms with van der Waals surface area (Å²) in [6, 6.07) is 24.2. The first kappa shape index (κ1) is 18.1. The van der Waals surface area contributed by atoms with Gasteiger partial charge in [-0.3, -0.25) is 9.59 Å². The number of rotatable bonds is 5. The van der Waals surface area contributed by atoms with Crippen LogP contribution in [0.15, 0.2) is 83.8 Å². The van der Waals surface area contributed by atoms with Crippen molar-refractivity contribution < 1.29 is 14.3 Å². The standard InChI is InChI=1S/C22H18N2O3S/c25-21(14-24-19-11-4-5-12-20(19)28-15-22(24)26)23-16-7-6-10-18(13-16)27-17-8-2-1-3-9-17/h1-13H,14-15H2,(H,23,25). The van der Waals surface area contributed by atoms with Crippen LogP contribution in [0.4, 0.5) is 11.4 Å². The van der Waals surface area contributed by atoms with E-state index >= 15 is 0 Å². The topological polar surface area (TPSA) is 58.6 Å². The van der Waals surface area contributed by atoms with Crippen LogP contribution in [0.2, 0.25) is 0 Å². The maximum Gasteiger partial charge on any atom is 0.244 e. The lowest BCUT2D eigenvalue weighted by Gasteiger charge is -2.28. The molecule has 3 aromatic carbocycles. The van der Waals surface area contributed by atoms with Crippen molar-refractivity contribution in [3.8, 4) is 11.5 Å². The normalized spacial score (nSPS) is 13.0. The molecule has 0 spiro atoms. The fourth-order valence-electron chi connectivity index (χ4n) is 2.93. The second-order valence-corrected chi connectivity index (χ2v) is 7.24. The van der Waals surface area contributed by atoms with Crippen molar-refractivity contribution in [2.75, 3.05) is 22.5 Å². The van der Waals surface area contributed by atoms with E-state index in [1.54, 1.807) is 12.1 Å². The summed E-state index contributed by atoms with van der Waals surface area (Å²) in [6.45, 7) is -0.0276. The van der Waals surface area contributed by atoms with Crippen LogP contribution in [0.1, 0.15) is 0 Å². The number of nitrogens with zero attached hydrogens (tertiary/aromatic N) is 1. The van der Waals surface area contributed by atoms with Crippen molar-refractivity contribution >= 4 is 35.0 Å². The van der Waals surface area contributed by atoms with Gasteiger partial charge in [-0.1, -0.05) is 36.4 Å². The Kier molecular flexibility index (Phi) is 5.30. The zero-order valence-electron chi connectivity index (χ0n) is 15.0. The average Bonchev–Trinajstić information content (AvgIpc) is 2.71. The molecule has 0 atom stereocenters. The predicted octanol–water partition coefficient (Wildman–Crippen LogP) is 4.56. The number of carbonyl (C=O) groups excluding carboxylic acids is 2. The summed E-state index contributed by atoms with van der Waals surface area (Å²) in [5, 5.41) is 2.85. The summed E-state index contributed by atoms with van der Waals surface area (Å²) < 4.78 is 5.80. The highest BCUT2D eigenvalue weighted by molar-refractivity contribution is 8.00. The number of hydrogen-bond acceptors (Lipinski definition) is 4. The Labute approximate surface area is 167 Å². The molecule has 6 heteroatoms. The van der Waals surface area contributed by atoms with E-state index in [0.29, 0.717) is 17.2 Å². The lowest BCUT2D eigenvalue weighted by atomic mass is 10.2. The van der Waals surface area contributed by atoms with Crippen molar-refractivity contribution in [3.63, 3.8) is 0 Å². The van der Waals surface area contributed by atoms with Crippen LogP contribution in [0.25, 0.3) is 0 Å². The van der Waals surface area contributed by atoms with E-state index in [0.717, 1.165) is 16.3 Å². The molecule has 0 bridgehead atoms. The van der Waals surface area contributed by atoms with Gasteiger partial charge in [0.1, 0.15) is 18.0 Å². The lowest BCUT2D eigenvalue weighted by Crippen LogP contribution is -2.41. The average molecular weight is 390 g/mol.